The Morgan fingerprint density at radius 3 is 2.91 bits per heavy atom. The molecule has 22 heavy (non-hydrogen) atoms. The van der Waals surface area contributed by atoms with Crippen LogP contribution in [0.3, 0.4) is 0 Å². The Labute approximate surface area is 134 Å². The zero-order valence-electron chi connectivity index (χ0n) is 12.9. The number of pyridine rings is 1. The van der Waals surface area contributed by atoms with Crippen molar-refractivity contribution in [1.82, 2.24) is 15.2 Å². The van der Waals surface area contributed by atoms with Crippen LogP contribution in [0.1, 0.15) is 43.9 Å². The summed E-state index contributed by atoms with van der Waals surface area (Å²) in [6, 6.07) is 3.09. The number of hydrogen-bond acceptors (Lipinski definition) is 3. The molecule has 0 fully saturated rings. The topological polar surface area (TPSA) is 82.7 Å². The van der Waals surface area contributed by atoms with Crippen LogP contribution < -0.4 is 10.6 Å². The third-order valence-electron chi connectivity index (χ3n) is 3.41. The van der Waals surface area contributed by atoms with E-state index in [4.69, 9.17) is 11.6 Å². The summed E-state index contributed by atoms with van der Waals surface area (Å²) in [6.45, 7) is 6.11. The maximum absolute atomic E-state index is 12.0. The van der Waals surface area contributed by atoms with Crippen molar-refractivity contribution in [1.29, 1.82) is 0 Å². The summed E-state index contributed by atoms with van der Waals surface area (Å²) in [7, 11) is 0. The van der Waals surface area contributed by atoms with Gasteiger partial charge in [-0.3, -0.25) is 10.4 Å². The van der Waals surface area contributed by atoms with Crippen molar-refractivity contribution in [3.8, 4) is 0 Å². The molecule has 0 aliphatic carbocycles. The Hall–Kier alpha value is -2.08. The molecule has 2 rings (SSSR count). The first kappa shape index (κ1) is 16.3. The van der Waals surface area contributed by atoms with Gasteiger partial charge in [0.15, 0.2) is 5.82 Å². The summed E-state index contributed by atoms with van der Waals surface area (Å²) in [5, 5.41) is 12.8. The van der Waals surface area contributed by atoms with E-state index < -0.39 is 0 Å². The molecule has 2 aromatic rings. The Morgan fingerprint density at radius 2 is 2.18 bits per heavy atom. The van der Waals surface area contributed by atoms with Crippen LogP contribution >= 0.6 is 11.6 Å². The number of H-pyrrole nitrogens is 1. The number of nitrogens with one attached hydrogen (secondary N) is 3. The van der Waals surface area contributed by atoms with Crippen molar-refractivity contribution in [2.24, 2.45) is 0 Å². The van der Waals surface area contributed by atoms with Gasteiger partial charge in [0.05, 0.1) is 0 Å². The summed E-state index contributed by atoms with van der Waals surface area (Å²) in [6.07, 6.45) is 3.78. The van der Waals surface area contributed by atoms with Gasteiger partial charge in [0.2, 0.25) is 0 Å². The molecule has 2 heterocycles. The quantitative estimate of drug-likeness (QED) is 0.717. The average Bonchev–Trinajstić information content (AvgIpc) is 2.91. The van der Waals surface area contributed by atoms with Gasteiger partial charge in [0.1, 0.15) is 5.15 Å². The van der Waals surface area contributed by atoms with Crippen LogP contribution in [0.25, 0.3) is 0 Å². The van der Waals surface area contributed by atoms with Gasteiger partial charge in [-0.15, -0.1) is 0 Å². The average molecular weight is 322 g/mol. The number of aryl methyl sites for hydroxylation is 1. The predicted octanol–water partition coefficient (Wildman–Crippen LogP) is 4.31. The third kappa shape index (κ3) is 4.21. The van der Waals surface area contributed by atoms with Crippen LogP contribution in [0.5, 0.6) is 0 Å². The molecular formula is C15H20ClN5O. The lowest BCUT2D eigenvalue weighted by Gasteiger charge is -2.08. The number of halogens is 1. The number of aromatic nitrogens is 3. The van der Waals surface area contributed by atoms with Gasteiger partial charge in [-0.1, -0.05) is 31.9 Å². The van der Waals surface area contributed by atoms with Gasteiger partial charge >= 0.3 is 6.03 Å². The van der Waals surface area contributed by atoms with E-state index in [1.54, 1.807) is 12.3 Å². The van der Waals surface area contributed by atoms with Gasteiger partial charge < -0.3 is 5.32 Å². The van der Waals surface area contributed by atoms with Crippen LogP contribution in [0, 0.1) is 6.92 Å². The molecule has 0 aliphatic heterocycles. The van der Waals surface area contributed by atoms with E-state index in [-0.39, 0.29) is 6.03 Å². The van der Waals surface area contributed by atoms with Gasteiger partial charge in [0, 0.05) is 23.6 Å². The van der Waals surface area contributed by atoms with Crippen LogP contribution in [-0.2, 0) is 0 Å². The SMILES string of the molecule is CCCC(C)c1cc(NC(=O)Nc2cc(Cl)ncc2C)n[nH]1. The number of aromatic amines is 1. The van der Waals surface area contributed by atoms with Crippen LogP contribution in [-0.4, -0.2) is 21.2 Å². The van der Waals surface area contributed by atoms with E-state index in [0.717, 1.165) is 24.1 Å². The molecule has 3 N–H and O–H groups in total. The molecular weight excluding hydrogens is 302 g/mol. The summed E-state index contributed by atoms with van der Waals surface area (Å²) in [4.78, 5) is 16.0. The fraction of sp³-hybridized carbons (Fsp3) is 0.400. The van der Waals surface area contributed by atoms with Crippen LogP contribution in [0.15, 0.2) is 18.3 Å². The van der Waals surface area contributed by atoms with E-state index in [9.17, 15) is 4.79 Å². The maximum Gasteiger partial charge on any atom is 0.324 e. The third-order valence-corrected chi connectivity index (χ3v) is 3.62. The number of hydrogen-bond donors (Lipinski definition) is 3. The van der Waals surface area contributed by atoms with Gasteiger partial charge in [0.25, 0.3) is 0 Å². The molecule has 0 aliphatic rings. The molecule has 2 amide bonds. The minimum absolute atomic E-state index is 0.330. The molecule has 2 aromatic heterocycles. The summed E-state index contributed by atoms with van der Waals surface area (Å²) in [5.74, 6) is 0.880. The Kier molecular flexibility index (Phi) is 5.38. The molecule has 0 saturated heterocycles. The molecule has 1 atom stereocenters. The molecule has 1 unspecified atom stereocenters. The highest BCUT2D eigenvalue weighted by Crippen LogP contribution is 2.21. The Bertz CT molecular complexity index is 655. The lowest BCUT2D eigenvalue weighted by molar-refractivity contribution is 0.262. The second kappa shape index (κ2) is 7.26. The highest BCUT2D eigenvalue weighted by Gasteiger charge is 2.11. The van der Waals surface area contributed by atoms with Crippen molar-refractivity contribution in [3.63, 3.8) is 0 Å². The summed E-state index contributed by atoms with van der Waals surface area (Å²) < 4.78 is 0. The lowest BCUT2D eigenvalue weighted by atomic mass is 10.0. The molecule has 118 valence electrons. The molecule has 7 heteroatoms. The number of nitrogens with zero attached hydrogens (tertiary/aromatic N) is 2. The Morgan fingerprint density at radius 1 is 1.41 bits per heavy atom. The number of urea groups is 1. The molecule has 0 spiro atoms. The van der Waals surface area contributed by atoms with E-state index in [2.05, 4.69) is 39.7 Å². The number of amides is 2. The van der Waals surface area contributed by atoms with E-state index >= 15 is 0 Å². The van der Waals surface area contributed by atoms with E-state index in [0.29, 0.717) is 22.6 Å². The van der Waals surface area contributed by atoms with Crippen molar-refractivity contribution in [2.45, 2.75) is 39.5 Å². The van der Waals surface area contributed by atoms with Gasteiger partial charge in [-0.2, -0.15) is 5.10 Å². The fourth-order valence-corrected chi connectivity index (χ4v) is 2.30. The summed E-state index contributed by atoms with van der Waals surface area (Å²) in [5.41, 5.74) is 2.46. The highest BCUT2D eigenvalue weighted by atomic mass is 35.5. The zero-order valence-corrected chi connectivity index (χ0v) is 13.7. The molecule has 6 nitrogen and oxygen atoms in total. The zero-order chi connectivity index (χ0) is 16.1. The predicted molar refractivity (Wildman–Crippen MR) is 88.5 cm³/mol. The van der Waals surface area contributed by atoms with Crippen LogP contribution in [0.2, 0.25) is 5.15 Å². The standard InChI is InChI=1S/C15H20ClN5O/c1-4-5-9(2)12-7-14(21-20-12)19-15(22)18-11-6-13(16)17-8-10(11)3/h6-9H,4-5H2,1-3H3,(H3,17,18,19,20,21,22). The molecule has 0 saturated carbocycles. The van der Waals surface area contributed by atoms with Crippen molar-refractivity contribution in [2.75, 3.05) is 10.6 Å². The van der Waals surface area contributed by atoms with Crippen LogP contribution in [0.4, 0.5) is 16.3 Å². The normalized spacial score (nSPS) is 12.0. The fourth-order valence-electron chi connectivity index (χ4n) is 2.14. The first-order chi connectivity index (χ1) is 10.5. The molecule has 0 radical (unpaired) electrons. The number of rotatable bonds is 5. The van der Waals surface area contributed by atoms with Crippen molar-refractivity contribution in [3.05, 3.63) is 34.7 Å². The van der Waals surface area contributed by atoms with Crippen molar-refractivity contribution < 1.29 is 4.79 Å². The largest absolute Gasteiger partial charge is 0.324 e. The maximum atomic E-state index is 12.0. The van der Waals surface area contributed by atoms with Gasteiger partial charge in [-0.25, -0.2) is 9.78 Å². The second-order valence-electron chi connectivity index (χ2n) is 5.30. The number of carbonyl (C=O) groups excluding carboxylic acids is 1. The van der Waals surface area contributed by atoms with Crippen molar-refractivity contribution >= 4 is 29.1 Å². The van der Waals surface area contributed by atoms with E-state index in [1.807, 2.05) is 13.0 Å². The number of anilines is 2. The first-order valence-electron chi connectivity index (χ1n) is 7.25. The van der Waals surface area contributed by atoms with Gasteiger partial charge in [-0.05, 0) is 30.9 Å². The minimum atomic E-state index is -0.369. The number of carbonyl (C=O) groups is 1. The highest BCUT2D eigenvalue weighted by molar-refractivity contribution is 6.29. The molecule has 0 bridgehead atoms. The summed E-state index contributed by atoms with van der Waals surface area (Å²) >= 11 is 5.83. The first-order valence-corrected chi connectivity index (χ1v) is 7.62. The monoisotopic (exact) mass is 321 g/mol. The lowest BCUT2D eigenvalue weighted by Crippen LogP contribution is -2.20. The minimum Gasteiger partial charge on any atom is -0.307 e. The Balaban J connectivity index is 1.99. The molecule has 0 aromatic carbocycles. The van der Waals surface area contributed by atoms with E-state index in [1.165, 1.54) is 0 Å². The smallest absolute Gasteiger partial charge is 0.307 e. The second-order valence-corrected chi connectivity index (χ2v) is 5.69.